The van der Waals surface area contributed by atoms with Gasteiger partial charge in [0.05, 0.1) is 16.9 Å². The molecule has 52 heavy (non-hydrogen) atoms. The molecule has 9 heteroatoms. The monoisotopic (exact) mass is 742 g/mol. The van der Waals surface area contributed by atoms with Crippen molar-refractivity contribution in [3.63, 3.8) is 0 Å². The van der Waals surface area contributed by atoms with E-state index in [2.05, 4.69) is 70.8 Å². The van der Waals surface area contributed by atoms with Crippen LogP contribution in [-0.2, 0) is 9.59 Å². The maximum absolute atomic E-state index is 14.0. The molecular formula is C43H67FN2O5S. The Kier molecular flexibility index (Phi) is 9.71. The number of Topliss-reactive ketones (excluding diaryl/α,β-unsaturated/α-hetero) is 1. The van der Waals surface area contributed by atoms with Crippen LogP contribution in [0.15, 0.2) is 34.4 Å². The fourth-order valence-electron chi connectivity index (χ4n) is 13.9. The summed E-state index contributed by atoms with van der Waals surface area (Å²) in [5, 5.41) is 13.8. The average Bonchev–Trinajstić information content (AvgIpc) is 3.38. The number of fused-ring (bicyclic) bond motifs is 7. The van der Waals surface area contributed by atoms with E-state index in [1.807, 2.05) is 0 Å². The van der Waals surface area contributed by atoms with E-state index in [0.29, 0.717) is 67.4 Å². The lowest BCUT2D eigenvalue weighted by Gasteiger charge is -2.71. The number of rotatable bonds is 8. The Morgan fingerprint density at radius 1 is 0.962 bits per heavy atom. The molecule has 0 aromatic carbocycles. The highest BCUT2D eigenvalue weighted by molar-refractivity contribution is 8.24. The van der Waals surface area contributed by atoms with Crippen LogP contribution in [0.5, 0.6) is 0 Å². The van der Waals surface area contributed by atoms with Gasteiger partial charge in [-0.05, 0) is 132 Å². The molecule has 1 heterocycles. The van der Waals surface area contributed by atoms with E-state index >= 15 is 0 Å². The van der Waals surface area contributed by atoms with Crippen LogP contribution in [0.2, 0.25) is 0 Å². The van der Waals surface area contributed by atoms with E-state index in [-0.39, 0.29) is 39.5 Å². The van der Waals surface area contributed by atoms with Crippen molar-refractivity contribution in [3.8, 4) is 0 Å². The number of nitrogens with one attached hydrogen (secondary N) is 1. The lowest BCUT2D eigenvalue weighted by atomic mass is 9.33. The topological polar surface area (TPSA) is 110 Å². The van der Waals surface area contributed by atoms with Crippen molar-refractivity contribution in [1.29, 1.82) is 0 Å². The van der Waals surface area contributed by atoms with E-state index in [9.17, 15) is 28.2 Å². The highest BCUT2D eigenvalue weighted by atomic mass is 32.3. The van der Waals surface area contributed by atoms with Crippen LogP contribution in [-0.4, -0.2) is 80.8 Å². The SMILES string of the molecule is CC(C)C1=C2[C@H]3CC[C@@H]4[C@@]5(C)CC=C(C6=CC[C@@](CF)(C(=O)O)CC6)C(C)(C)[C@@H]5CC[C@@]4(C)[C@]3(C)CC[C@@]2(NCCN2CCS(O)(O)CC2)CC1=O. The number of hydrogen-bond acceptors (Lipinski definition) is 6. The lowest BCUT2D eigenvalue weighted by molar-refractivity contribution is -0.196. The second-order valence-corrected chi connectivity index (χ2v) is 22.4. The Labute approximate surface area is 314 Å². The first-order chi connectivity index (χ1) is 24.3. The number of ketones is 1. The molecular weight excluding hydrogens is 676 g/mol. The van der Waals surface area contributed by atoms with Gasteiger partial charge >= 0.3 is 5.97 Å². The summed E-state index contributed by atoms with van der Waals surface area (Å²) < 4.78 is 34.2. The van der Waals surface area contributed by atoms with Gasteiger partial charge in [0.2, 0.25) is 0 Å². The molecule has 0 bridgehead atoms. The number of alkyl halides is 1. The Balaban J connectivity index is 1.16. The summed E-state index contributed by atoms with van der Waals surface area (Å²) in [6.07, 6.45) is 14.1. The van der Waals surface area contributed by atoms with Crippen molar-refractivity contribution in [2.24, 2.45) is 50.7 Å². The van der Waals surface area contributed by atoms with Gasteiger partial charge in [0.15, 0.2) is 5.78 Å². The summed E-state index contributed by atoms with van der Waals surface area (Å²) in [4.78, 5) is 28.3. The first-order valence-corrected chi connectivity index (χ1v) is 22.4. The summed E-state index contributed by atoms with van der Waals surface area (Å²) in [5.41, 5.74) is 3.92. The van der Waals surface area contributed by atoms with Crippen molar-refractivity contribution in [1.82, 2.24) is 10.2 Å². The first-order valence-electron chi connectivity index (χ1n) is 20.5. The first kappa shape index (κ1) is 38.7. The van der Waals surface area contributed by atoms with Gasteiger partial charge in [-0.25, -0.2) is 4.39 Å². The van der Waals surface area contributed by atoms with Gasteiger partial charge in [-0.1, -0.05) is 60.6 Å². The molecule has 0 spiro atoms. The fraction of sp³-hybridized carbons (Fsp3) is 0.814. The summed E-state index contributed by atoms with van der Waals surface area (Å²) in [7, 11) is -2.42. The maximum Gasteiger partial charge on any atom is 0.312 e. The van der Waals surface area contributed by atoms with Crippen LogP contribution >= 0.6 is 10.6 Å². The molecule has 1 aliphatic heterocycles. The number of aliphatic carboxylic acids is 1. The molecule has 0 aromatic heterocycles. The normalized spacial score (nSPS) is 43.5. The molecule has 0 aromatic rings. The minimum atomic E-state index is -2.42. The van der Waals surface area contributed by atoms with Gasteiger partial charge in [0.1, 0.15) is 6.67 Å². The predicted molar refractivity (Wildman–Crippen MR) is 208 cm³/mol. The average molecular weight is 743 g/mol. The Bertz CT molecular complexity index is 1580. The third-order valence-electron chi connectivity index (χ3n) is 17.0. The van der Waals surface area contributed by atoms with E-state index in [0.717, 1.165) is 50.8 Å². The Morgan fingerprint density at radius 3 is 2.29 bits per heavy atom. The lowest BCUT2D eigenvalue weighted by Crippen LogP contribution is -2.66. The van der Waals surface area contributed by atoms with Crippen molar-refractivity contribution < 1.29 is 28.2 Å². The number of allylic oxidation sites excluding steroid dienone is 5. The molecule has 0 amide bonds. The molecule has 1 saturated heterocycles. The Hall–Kier alpha value is -1.52. The van der Waals surface area contributed by atoms with Gasteiger partial charge < -0.3 is 10.4 Å². The van der Waals surface area contributed by atoms with Crippen LogP contribution in [0.4, 0.5) is 4.39 Å². The maximum atomic E-state index is 14.0. The molecule has 0 unspecified atom stereocenters. The molecule has 8 atom stereocenters. The van der Waals surface area contributed by atoms with E-state index < -0.39 is 28.6 Å². The second kappa shape index (κ2) is 13.0. The molecule has 4 N–H and O–H groups in total. The van der Waals surface area contributed by atoms with Gasteiger partial charge in [-0.3, -0.25) is 23.6 Å². The van der Waals surface area contributed by atoms with E-state index in [1.54, 1.807) is 0 Å². The quantitative estimate of drug-likeness (QED) is 0.197. The minimum absolute atomic E-state index is 0.0563. The zero-order valence-electron chi connectivity index (χ0n) is 33.1. The number of carbonyl (C=O) groups excluding carboxylic acids is 1. The van der Waals surface area contributed by atoms with Crippen LogP contribution in [0.25, 0.3) is 0 Å². The van der Waals surface area contributed by atoms with E-state index in [1.165, 1.54) is 29.6 Å². The molecule has 6 aliphatic carbocycles. The number of nitrogens with zero attached hydrogens (tertiary/aromatic N) is 1. The molecule has 3 saturated carbocycles. The number of carboxylic acid groups (broad SMARTS) is 1. The molecule has 0 radical (unpaired) electrons. The minimum Gasteiger partial charge on any atom is -0.481 e. The zero-order chi connectivity index (χ0) is 37.7. The standard InChI is InChI=1S/C43H67FN2O5S/c1-28(2)35-32(47)26-43(45-20-21-46-22-24-52(50,51)25-23-46)19-18-40(6)31(36(35)43)8-9-34-39(5)14-12-30(38(3,4)33(39)13-15-41(34,40)7)29-10-16-42(27-44,17-11-29)37(48)49/h10,12,28,31,33-34,45,50-51H,8-9,11,13-27H2,1-7H3,(H,48,49)/t31-,33+,34-,39+,40-,41-,42-,43-/m1/s1. The third-order valence-corrected chi connectivity index (χ3v) is 18.7. The molecule has 7 nitrogen and oxygen atoms in total. The van der Waals surface area contributed by atoms with Gasteiger partial charge in [0, 0.05) is 38.1 Å². The number of carbonyl (C=O) groups is 2. The van der Waals surface area contributed by atoms with E-state index in [4.69, 9.17) is 0 Å². The van der Waals surface area contributed by atoms with Crippen LogP contribution < -0.4 is 5.32 Å². The van der Waals surface area contributed by atoms with Gasteiger partial charge in [-0.2, -0.15) is 10.6 Å². The summed E-state index contributed by atoms with van der Waals surface area (Å²) in [5.74, 6) is 1.89. The van der Waals surface area contributed by atoms with Crippen LogP contribution in [0.1, 0.15) is 119 Å². The molecule has 292 valence electrons. The van der Waals surface area contributed by atoms with Gasteiger partial charge in [0.25, 0.3) is 0 Å². The molecule has 7 aliphatic rings. The fourth-order valence-corrected chi connectivity index (χ4v) is 15.2. The predicted octanol–water partition coefficient (Wildman–Crippen LogP) is 9.06. The molecule has 7 rings (SSSR count). The Morgan fingerprint density at radius 2 is 1.67 bits per heavy atom. The highest BCUT2D eigenvalue weighted by Crippen LogP contribution is 2.76. The van der Waals surface area contributed by atoms with Gasteiger partial charge in [-0.15, -0.1) is 0 Å². The number of halogens is 1. The summed E-state index contributed by atoms with van der Waals surface area (Å²) in [6, 6.07) is 0. The number of hydrogen-bond donors (Lipinski definition) is 4. The van der Waals surface area contributed by atoms with Crippen LogP contribution in [0.3, 0.4) is 0 Å². The largest absolute Gasteiger partial charge is 0.481 e. The van der Waals surface area contributed by atoms with Crippen molar-refractivity contribution in [3.05, 3.63) is 34.4 Å². The highest BCUT2D eigenvalue weighted by Gasteiger charge is 2.69. The second-order valence-electron chi connectivity index (χ2n) is 20.0. The summed E-state index contributed by atoms with van der Waals surface area (Å²) >= 11 is 0. The number of carboxylic acids is 1. The van der Waals surface area contributed by atoms with Crippen molar-refractivity contribution in [2.45, 2.75) is 125 Å². The third kappa shape index (κ3) is 5.70. The van der Waals surface area contributed by atoms with Crippen molar-refractivity contribution >= 4 is 22.3 Å². The van der Waals surface area contributed by atoms with Crippen molar-refractivity contribution in [2.75, 3.05) is 44.4 Å². The zero-order valence-corrected chi connectivity index (χ0v) is 33.9. The molecule has 4 fully saturated rings. The van der Waals surface area contributed by atoms with Crippen LogP contribution in [0, 0.1) is 50.7 Å². The summed E-state index contributed by atoms with van der Waals surface area (Å²) in [6.45, 7) is 19.3. The smallest absolute Gasteiger partial charge is 0.312 e.